The Bertz CT molecular complexity index is 977. The molecular weight excluding hydrogens is 384 g/mol. The van der Waals surface area contributed by atoms with Crippen molar-refractivity contribution in [3.63, 3.8) is 0 Å². The summed E-state index contributed by atoms with van der Waals surface area (Å²) in [5.74, 6) is 1.48. The van der Waals surface area contributed by atoms with Gasteiger partial charge in [-0.05, 0) is 49.4 Å². The largest absolute Gasteiger partial charge is 0.486 e. The minimum absolute atomic E-state index is 0.00350. The number of rotatable bonds is 6. The van der Waals surface area contributed by atoms with Crippen LogP contribution in [0.2, 0.25) is 0 Å². The van der Waals surface area contributed by atoms with E-state index in [-0.39, 0.29) is 5.91 Å². The molecule has 0 atom stereocenters. The van der Waals surface area contributed by atoms with Crippen LogP contribution in [0, 0.1) is 0 Å². The number of amides is 1. The first-order valence-corrected chi connectivity index (χ1v) is 10.4. The Labute approximate surface area is 174 Å². The van der Waals surface area contributed by atoms with E-state index in [0.717, 1.165) is 27.0 Å². The van der Waals surface area contributed by atoms with Crippen LogP contribution in [-0.4, -0.2) is 35.5 Å². The Balaban J connectivity index is 1.48. The van der Waals surface area contributed by atoms with Crippen LogP contribution in [0.5, 0.6) is 11.5 Å². The van der Waals surface area contributed by atoms with Gasteiger partial charge in [0.2, 0.25) is 0 Å². The number of benzene rings is 2. The predicted octanol–water partition coefficient (Wildman–Crippen LogP) is 4.67. The van der Waals surface area contributed by atoms with E-state index in [2.05, 4.69) is 4.98 Å². The van der Waals surface area contributed by atoms with Gasteiger partial charge in [0.05, 0.1) is 0 Å². The lowest BCUT2D eigenvalue weighted by molar-refractivity contribution is 0.0749. The van der Waals surface area contributed by atoms with Gasteiger partial charge in [0.1, 0.15) is 18.2 Å². The zero-order valence-electron chi connectivity index (χ0n) is 16.2. The van der Waals surface area contributed by atoms with E-state index in [0.29, 0.717) is 31.9 Å². The van der Waals surface area contributed by atoms with Crippen molar-refractivity contribution in [2.75, 3.05) is 19.8 Å². The maximum atomic E-state index is 13.1. The van der Waals surface area contributed by atoms with Gasteiger partial charge in [0.15, 0.2) is 11.5 Å². The highest BCUT2D eigenvalue weighted by Gasteiger charge is 2.20. The maximum absolute atomic E-state index is 13.1. The minimum atomic E-state index is -0.00350. The highest BCUT2D eigenvalue weighted by Crippen LogP contribution is 2.34. The number of ether oxygens (including phenoxy) is 2. The quantitative estimate of drug-likeness (QED) is 0.596. The summed E-state index contributed by atoms with van der Waals surface area (Å²) in [4.78, 5) is 20.2. The maximum Gasteiger partial charge on any atom is 0.254 e. The van der Waals surface area contributed by atoms with E-state index < -0.39 is 0 Å². The lowest BCUT2D eigenvalue weighted by Crippen LogP contribution is -2.30. The topological polar surface area (TPSA) is 51.7 Å². The molecule has 0 saturated carbocycles. The monoisotopic (exact) mass is 406 g/mol. The second kappa shape index (κ2) is 9.01. The number of pyridine rings is 1. The van der Waals surface area contributed by atoms with Crippen molar-refractivity contribution < 1.29 is 14.3 Å². The third-order valence-corrected chi connectivity index (χ3v) is 5.60. The van der Waals surface area contributed by atoms with Crippen molar-refractivity contribution >= 4 is 17.7 Å². The lowest BCUT2D eigenvalue weighted by Gasteiger charge is -2.25. The highest BCUT2D eigenvalue weighted by atomic mass is 32.2. The summed E-state index contributed by atoms with van der Waals surface area (Å²) < 4.78 is 11.4. The molecule has 4 rings (SSSR count). The number of fused-ring (bicyclic) bond motifs is 1. The van der Waals surface area contributed by atoms with E-state index >= 15 is 0 Å². The van der Waals surface area contributed by atoms with E-state index in [1.165, 1.54) is 0 Å². The van der Waals surface area contributed by atoms with E-state index in [1.54, 1.807) is 18.0 Å². The molecular formula is C23H22N2O3S. The molecule has 29 heavy (non-hydrogen) atoms. The Kier molecular flexibility index (Phi) is 6.00. The first kappa shape index (κ1) is 19.3. The number of aromatic nitrogens is 1. The molecule has 1 aliphatic heterocycles. The SMILES string of the molecule is CCN(Cc1cccc2c1OCCO2)C(=O)c1ccc(Sc2ccccn2)cc1. The number of nitrogens with zero attached hydrogens (tertiary/aromatic N) is 2. The van der Waals surface area contributed by atoms with Crippen molar-refractivity contribution in [2.45, 2.75) is 23.4 Å². The van der Waals surface area contributed by atoms with Gasteiger partial charge in [-0.1, -0.05) is 30.0 Å². The average Bonchev–Trinajstić information content (AvgIpc) is 2.78. The van der Waals surface area contributed by atoms with Crippen LogP contribution in [0.25, 0.3) is 0 Å². The van der Waals surface area contributed by atoms with E-state index in [9.17, 15) is 4.79 Å². The molecule has 2 aromatic carbocycles. The molecule has 1 aliphatic rings. The fourth-order valence-electron chi connectivity index (χ4n) is 3.17. The van der Waals surface area contributed by atoms with Crippen LogP contribution >= 0.6 is 11.8 Å². The smallest absolute Gasteiger partial charge is 0.254 e. The van der Waals surface area contributed by atoms with E-state index in [4.69, 9.17) is 9.47 Å². The van der Waals surface area contributed by atoms with Gasteiger partial charge in [-0.3, -0.25) is 4.79 Å². The van der Waals surface area contributed by atoms with Crippen LogP contribution in [0.15, 0.2) is 76.8 Å². The summed E-state index contributed by atoms with van der Waals surface area (Å²) in [6, 6.07) is 19.3. The number of carbonyl (C=O) groups excluding carboxylic acids is 1. The molecule has 0 saturated heterocycles. The minimum Gasteiger partial charge on any atom is -0.486 e. The molecule has 0 radical (unpaired) electrons. The molecule has 0 unspecified atom stereocenters. The zero-order valence-corrected chi connectivity index (χ0v) is 17.0. The van der Waals surface area contributed by atoms with Gasteiger partial charge < -0.3 is 14.4 Å². The molecule has 1 amide bonds. The number of hydrogen-bond acceptors (Lipinski definition) is 5. The van der Waals surface area contributed by atoms with Crippen LogP contribution in [0.1, 0.15) is 22.8 Å². The Morgan fingerprint density at radius 3 is 2.62 bits per heavy atom. The molecule has 1 aromatic heterocycles. The van der Waals surface area contributed by atoms with Gasteiger partial charge in [-0.15, -0.1) is 0 Å². The second-order valence-corrected chi connectivity index (χ2v) is 7.65. The van der Waals surface area contributed by atoms with Crippen LogP contribution in [0.3, 0.4) is 0 Å². The second-order valence-electron chi connectivity index (χ2n) is 6.56. The number of para-hydroxylation sites is 1. The Morgan fingerprint density at radius 1 is 1.03 bits per heavy atom. The fraction of sp³-hybridized carbons (Fsp3) is 0.217. The zero-order chi connectivity index (χ0) is 20.1. The van der Waals surface area contributed by atoms with Crippen molar-refractivity contribution in [1.82, 2.24) is 9.88 Å². The van der Waals surface area contributed by atoms with Crippen LogP contribution in [-0.2, 0) is 6.54 Å². The molecule has 0 bridgehead atoms. The molecule has 2 heterocycles. The summed E-state index contributed by atoms with van der Waals surface area (Å²) in [7, 11) is 0. The summed E-state index contributed by atoms with van der Waals surface area (Å²) in [6.07, 6.45) is 1.77. The standard InChI is InChI=1S/C23H22N2O3S/c1-2-25(16-18-6-5-7-20-22(18)28-15-14-27-20)23(26)17-9-11-19(12-10-17)29-21-8-3-4-13-24-21/h3-13H,2,14-16H2,1H3. The van der Waals surface area contributed by atoms with Gasteiger partial charge in [-0.25, -0.2) is 4.98 Å². The van der Waals surface area contributed by atoms with Gasteiger partial charge in [-0.2, -0.15) is 0 Å². The molecule has 3 aromatic rings. The summed E-state index contributed by atoms with van der Waals surface area (Å²) in [5.41, 5.74) is 1.62. The summed E-state index contributed by atoms with van der Waals surface area (Å²) in [6.45, 7) is 4.14. The number of hydrogen-bond donors (Lipinski definition) is 0. The predicted molar refractivity (Wildman–Crippen MR) is 113 cm³/mol. The third-order valence-electron chi connectivity index (χ3n) is 4.64. The van der Waals surface area contributed by atoms with Crippen molar-refractivity contribution in [3.05, 3.63) is 78.0 Å². The average molecular weight is 407 g/mol. The summed E-state index contributed by atoms with van der Waals surface area (Å²) >= 11 is 1.57. The summed E-state index contributed by atoms with van der Waals surface area (Å²) in [5, 5.41) is 0.929. The lowest BCUT2D eigenvalue weighted by atomic mass is 10.1. The normalized spacial score (nSPS) is 12.4. The Morgan fingerprint density at radius 2 is 1.86 bits per heavy atom. The van der Waals surface area contributed by atoms with Crippen molar-refractivity contribution in [3.8, 4) is 11.5 Å². The molecule has 6 heteroatoms. The molecule has 0 spiro atoms. The van der Waals surface area contributed by atoms with Gasteiger partial charge >= 0.3 is 0 Å². The highest BCUT2D eigenvalue weighted by molar-refractivity contribution is 7.99. The van der Waals surface area contributed by atoms with Gasteiger partial charge in [0, 0.05) is 35.3 Å². The van der Waals surface area contributed by atoms with E-state index in [1.807, 2.05) is 72.5 Å². The first-order chi connectivity index (χ1) is 14.2. The van der Waals surface area contributed by atoms with Gasteiger partial charge in [0.25, 0.3) is 5.91 Å². The fourth-order valence-corrected chi connectivity index (χ4v) is 3.94. The number of carbonyl (C=O) groups is 1. The van der Waals surface area contributed by atoms with Crippen molar-refractivity contribution in [2.24, 2.45) is 0 Å². The van der Waals surface area contributed by atoms with Crippen LogP contribution in [0.4, 0.5) is 0 Å². The molecule has 148 valence electrons. The van der Waals surface area contributed by atoms with Crippen LogP contribution < -0.4 is 9.47 Å². The third kappa shape index (κ3) is 4.54. The first-order valence-electron chi connectivity index (χ1n) is 9.60. The Hall–Kier alpha value is -2.99. The molecule has 5 nitrogen and oxygen atoms in total. The molecule has 0 aliphatic carbocycles. The molecule has 0 N–H and O–H groups in total. The van der Waals surface area contributed by atoms with Crippen molar-refractivity contribution in [1.29, 1.82) is 0 Å². The molecule has 0 fully saturated rings.